The van der Waals surface area contributed by atoms with Gasteiger partial charge in [0.15, 0.2) is 5.96 Å². The standard InChI is InChI=1S/C22H37N5O.HI/c1-3-15-28-21-10-9-18(16-24-21)17-25-22(23-4-2)26-19-11-13-27(14-12-19)20-7-5-6-8-20;/h9-10,16,19-20H,3-8,11-15,17H2,1-2H3,(H2,23,25,26);1H. The van der Waals surface area contributed by atoms with Gasteiger partial charge in [0.05, 0.1) is 13.2 Å². The van der Waals surface area contributed by atoms with E-state index in [2.05, 4.69) is 34.4 Å². The topological polar surface area (TPSA) is 61.8 Å². The van der Waals surface area contributed by atoms with Gasteiger partial charge in [-0.1, -0.05) is 25.8 Å². The SMILES string of the molecule is CCCOc1ccc(CN=C(NCC)NC2CCN(C3CCCC3)CC2)cn1.I. The van der Waals surface area contributed by atoms with Gasteiger partial charge in [0.1, 0.15) is 0 Å². The first-order valence-corrected chi connectivity index (χ1v) is 11.1. The molecule has 1 aliphatic heterocycles. The lowest BCUT2D eigenvalue weighted by Gasteiger charge is -2.36. The number of nitrogens with one attached hydrogen (secondary N) is 2. The number of hydrogen-bond donors (Lipinski definition) is 2. The molecular formula is C22H38IN5O. The van der Waals surface area contributed by atoms with E-state index in [4.69, 9.17) is 9.73 Å². The van der Waals surface area contributed by atoms with Gasteiger partial charge in [-0.05, 0) is 44.6 Å². The molecule has 0 amide bonds. The highest BCUT2D eigenvalue weighted by atomic mass is 127. The molecule has 0 spiro atoms. The minimum Gasteiger partial charge on any atom is -0.478 e. The summed E-state index contributed by atoms with van der Waals surface area (Å²) in [5.74, 6) is 1.60. The quantitative estimate of drug-likeness (QED) is 0.312. The summed E-state index contributed by atoms with van der Waals surface area (Å²) in [7, 11) is 0. The highest BCUT2D eigenvalue weighted by Crippen LogP contribution is 2.26. The Hall–Kier alpha value is -1.09. The molecule has 0 unspecified atom stereocenters. The summed E-state index contributed by atoms with van der Waals surface area (Å²) in [6.45, 7) is 8.83. The minimum atomic E-state index is 0. The zero-order chi connectivity index (χ0) is 19.6. The van der Waals surface area contributed by atoms with Crippen LogP contribution in [0, 0.1) is 0 Å². The number of nitrogens with zero attached hydrogens (tertiary/aromatic N) is 3. The summed E-state index contributed by atoms with van der Waals surface area (Å²) in [6.07, 6.45) is 10.9. The predicted octanol–water partition coefficient (Wildman–Crippen LogP) is 3.95. The van der Waals surface area contributed by atoms with Gasteiger partial charge in [-0.2, -0.15) is 0 Å². The van der Waals surface area contributed by atoms with Crippen molar-refractivity contribution in [1.29, 1.82) is 0 Å². The van der Waals surface area contributed by atoms with Crippen molar-refractivity contribution in [2.45, 2.75) is 77.4 Å². The maximum atomic E-state index is 5.54. The average Bonchev–Trinajstić information content (AvgIpc) is 3.27. The van der Waals surface area contributed by atoms with Crippen LogP contribution in [0.1, 0.15) is 64.4 Å². The first-order valence-electron chi connectivity index (χ1n) is 11.1. The molecule has 1 saturated carbocycles. The van der Waals surface area contributed by atoms with E-state index in [1.54, 1.807) is 0 Å². The first-order chi connectivity index (χ1) is 13.8. The van der Waals surface area contributed by atoms with E-state index in [0.717, 1.165) is 30.5 Å². The van der Waals surface area contributed by atoms with Crippen molar-refractivity contribution >= 4 is 29.9 Å². The number of likely N-dealkylation sites (tertiary alicyclic amines) is 1. The Labute approximate surface area is 193 Å². The van der Waals surface area contributed by atoms with Crippen LogP contribution in [0.15, 0.2) is 23.3 Å². The third-order valence-corrected chi connectivity index (χ3v) is 5.73. The molecule has 1 saturated heterocycles. The molecule has 2 fully saturated rings. The number of hydrogen-bond acceptors (Lipinski definition) is 4. The van der Waals surface area contributed by atoms with Crippen LogP contribution in [0.4, 0.5) is 0 Å². The summed E-state index contributed by atoms with van der Waals surface area (Å²) in [5.41, 5.74) is 1.09. The average molecular weight is 515 g/mol. The highest BCUT2D eigenvalue weighted by Gasteiger charge is 2.27. The molecule has 2 N–H and O–H groups in total. The fourth-order valence-corrected chi connectivity index (χ4v) is 4.16. The third kappa shape index (κ3) is 7.92. The summed E-state index contributed by atoms with van der Waals surface area (Å²) in [4.78, 5) is 11.8. The number of ether oxygens (including phenoxy) is 1. The Bertz CT molecular complexity index is 596. The molecule has 7 heteroatoms. The van der Waals surface area contributed by atoms with Gasteiger partial charge < -0.3 is 20.3 Å². The molecule has 6 nitrogen and oxygen atoms in total. The van der Waals surface area contributed by atoms with Crippen LogP contribution in [0.5, 0.6) is 5.88 Å². The molecule has 0 atom stereocenters. The lowest BCUT2D eigenvalue weighted by Crippen LogP contribution is -2.50. The van der Waals surface area contributed by atoms with Gasteiger partial charge in [-0.25, -0.2) is 9.98 Å². The van der Waals surface area contributed by atoms with Crippen molar-refractivity contribution in [3.63, 3.8) is 0 Å². The van der Waals surface area contributed by atoms with Crippen LogP contribution < -0.4 is 15.4 Å². The molecule has 0 bridgehead atoms. The highest BCUT2D eigenvalue weighted by molar-refractivity contribution is 14.0. The van der Waals surface area contributed by atoms with E-state index in [9.17, 15) is 0 Å². The van der Waals surface area contributed by atoms with Crippen molar-refractivity contribution in [1.82, 2.24) is 20.5 Å². The molecule has 1 aliphatic carbocycles. The van der Waals surface area contributed by atoms with Crippen LogP contribution in [-0.2, 0) is 6.54 Å². The van der Waals surface area contributed by atoms with Crippen molar-refractivity contribution in [2.24, 2.45) is 4.99 Å². The number of aromatic nitrogens is 1. The number of piperidine rings is 1. The molecular weight excluding hydrogens is 477 g/mol. The van der Waals surface area contributed by atoms with E-state index >= 15 is 0 Å². The fraction of sp³-hybridized carbons (Fsp3) is 0.727. The summed E-state index contributed by atoms with van der Waals surface area (Å²) in [5, 5.41) is 7.03. The number of rotatable bonds is 8. The predicted molar refractivity (Wildman–Crippen MR) is 130 cm³/mol. The number of pyridine rings is 1. The van der Waals surface area contributed by atoms with Gasteiger partial charge in [-0.15, -0.1) is 24.0 Å². The molecule has 29 heavy (non-hydrogen) atoms. The second kappa shape index (κ2) is 13.3. The largest absolute Gasteiger partial charge is 0.478 e. The zero-order valence-electron chi connectivity index (χ0n) is 18.0. The Balaban J connectivity index is 0.00000300. The van der Waals surface area contributed by atoms with Gasteiger partial charge in [0, 0.05) is 44.0 Å². The minimum absolute atomic E-state index is 0. The Morgan fingerprint density at radius 1 is 1.17 bits per heavy atom. The monoisotopic (exact) mass is 515 g/mol. The molecule has 164 valence electrons. The van der Waals surface area contributed by atoms with Crippen molar-refractivity contribution in [3.8, 4) is 5.88 Å². The Morgan fingerprint density at radius 2 is 1.93 bits per heavy atom. The van der Waals surface area contributed by atoms with Crippen LogP contribution in [0.2, 0.25) is 0 Å². The lowest BCUT2D eigenvalue weighted by molar-refractivity contribution is 0.150. The van der Waals surface area contributed by atoms with Gasteiger partial charge in [0.2, 0.25) is 5.88 Å². The van der Waals surface area contributed by atoms with Crippen LogP contribution in [0.3, 0.4) is 0 Å². The van der Waals surface area contributed by atoms with Crippen molar-refractivity contribution < 1.29 is 4.74 Å². The molecule has 0 radical (unpaired) electrons. The fourth-order valence-electron chi connectivity index (χ4n) is 4.16. The van der Waals surface area contributed by atoms with Gasteiger partial charge in [0.25, 0.3) is 0 Å². The molecule has 2 aliphatic rings. The Kier molecular flexibility index (Phi) is 11.1. The van der Waals surface area contributed by atoms with Crippen LogP contribution in [0.25, 0.3) is 0 Å². The molecule has 0 aromatic carbocycles. The van der Waals surface area contributed by atoms with E-state index in [-0.39, 0.29) is 24.0 Å². The second-order valence-corrected chi connectivity index (χ2v) is 7.94. The van der Waals surface area contributed by atoms with E-state index in [1.807, 2.05) is 18.3 Å². The first kappa shape index (κ1) is 24.2. The van der Waals surface area contributed by atoms with E-state index in [0.29, 0.717) is 25.1 Å². The molecule has 1 aromatic heterocycles. The molecule has 1 aromatic rings. The van der Waals surface area contributed by atoms with E-state index < -0.39 is 0 Å². The number of guanidine groups is 1. The number of aliphatic imine (C=N–C) groups is 1. The van der Waals surface area contributed by atoms with Gasteiger partial charge in [-0.3, -0.25) is 0 Å². The Morgan fingerprint density at radius 3 is 2.55 bits per heavy atom. The van der Waals surface area contributed by atoms with Crippen molar-refractivity contribution in [3.05, 3.63) is 23.9 Å². The summed E-state index contributed by atoms with van der Waals surface area (Å²) < 4.78 is 5.54. The third-order valence-electron chi connectivity index (χ3n) is 5.73. The molecule has 2 heterocycles. The molecule has 3 rings (SSSR count). The van der Waals surface area contributed by atoms with Crippen molar-refractivity contribution in [2.75, 3.05) is 26.2 Å². The van der Waals surface area contributed by atoms with Crippen LogP contribution in [-0.4, -0.2) is 54.2 Å². The second-order valence-electron chi connectivity index (χ2n) is 7.94. The van der Waals surface area contributed by atoms with Gasteiger partial charge >= 0.3 is 0 Å². The normalized spacial score (nSPS) is 19.0. The smallest absolute Gasteiger partial charge is 0.213 e. The summed E-state index contributed by atoms with van der Waals surface area (Å²) >= 11 is 0. The zero-order valence-corrected chi connectivity index (χ0v) is 20.4. The van der Waals surface area contributed by atoms with Crippen LogP contribution >= 0.6 is 24.0 Å². The maximum Gasteiger partial charge on any atom is 0.213 e. The van der Waals surface area contributed by atoms with E-state index in [1.165, 1.54) is 51.6 Å². The maximum absolute atomic E-state index is 5.54. The lowest BCUT2D eigenvalue weighted by atomic mass is 10.0. The summed E-state index contributed by atoms with van der Waals surface area (Å²) in [6, 6.07) is 5.34. The number of halogens is 1.